The Bertz CT molecular complexity index is 385. The predicted octanol–water partition coefficient (Wildman–Crippen LogP) is 2.02. The fourth-order valence-electron chi connectivity index (χ4n) is 2.64. The van der Waals surface area contributed by atoms with Crippen molar-refractivity contribution in [1.82, 2.24) is 4.90 Å². The molecule has 0 aliphatic rings. The molecule has 0 aromatic carbocycles. The molecule has 0 fully saturated rings. The number of carbonyl (C=O) groups excluding carboxylic acids is 2. The van der Waals surface area contributed by atoms with Gasteiger partial charge in [0.1, 0.15) is 6.54 Å². The number of rotatable bonds is 14. The van der Waals surface area contributed by atoms with E-state index in [0.717, 1.165) is 43.4 Å². The van der Waals surface area contributed by atoms with E-state index in [2.05, 4.69) is 13.8 Å². The van der Waals surface area contributed by atoms with E-state index in [1.807, 2.05) is 0 Å². The number of hydrogen-bond donors (Lipinski definition) is 3. The number of aliphatic carboxylic acids is 1. The minimum Gasteiger partial charge on any atom is -0.480 e. The van der Waals surface area contributed by atoms with Crippen LogP contribution < -0.4 is 11.5 Å². The lowest BCUT2D eigenvalue weighted by atomic mass is 10.0. The van der Waals surface area contributed by atoms with Crippen LogP contribution in [0.1, 0.15) is 78.1 Å². The van der Waals surface area contributed by atoms with E-state index in [1.54, 1.807) is 0 Å². The quantitative estimate of drug-likeness (QED) is 0.408. The van der Waals surface area contributed by atoms with Crippen molar-refractivity contribution in [2.45, 2.75) is 90.1 Å². The minimum atomic E-state index is -1.22. The van der Waals surface area contributed by atoms with Crippen molar-refractivity contribution in [3.05, 3.63) is 0 Å². The van der Waals surface area contributed by atoms with Gasteiger partial charge in [0, 0.05) is 24.9 Å². The number of unbranched alkanes of at least 4 members (excludes halogenated alkanes) is 4. The van der Waals surface area contributed by atoms with Crippen molar-refractivity contribution in [3.63, 3.8) is 0 Å². The first-order valence-corrected chi connectivity index (χ1v) is 9.37. The number of carboxylic acid groups (broad SMARTS) is 1. The lowest BCUT2D eigenvalue weighted by Gasteiger charge is -2.22. The van der Waals surface area contributed by atoms with Crippen LogP contribution in [0.25, 0.3) is 0 Å². The molecular formula is C18H35N3O4. The second kappa shape index (κ2) is 13.8. The molecular weight excluding hydrogens is 322 g/mol. The number of imide groups is 1. The number of nitrogens with two attached hydrogens (primary N) is 2. The molecule has 0 aliphatic heterocycles. The Balaban J connectivity index is 4.61. The molecule has 25 heavy (non-hydrogen) atoms. The topological polar surface area (TPSA) is 127 Å². The maximum absolute atomic E-state index is 12.3. The number of carboxylic acids is 1. The van der Waals surface area contributed by atoms with Gasteiger partial charge in [0.15, 0.2) is 0 Å². The van der Waals surface area contributed by atoms with E-state index in [0.29, 0.717) is 12.8 Å². The molecule has 146 valence electrons. The van der Waals surface area contributed by atoms with Crippen LogP contribution in [0.2, 0.25) is 0 Å². The van der Waals surface area contributed by atoms with E-state index in [4.69, 9.17) is 16.6 Å². The van der Waals surface area contributed by atoms with E-state index >= 15 is 0 Å². The van der Waals surface area contributed by atoms with Crippen LogP contribution in [0.15, 0.2) is 0 Å². The Morgan fingerprint density at radius 3 is 1.56 bits per heavy atom. The maximum Gasteiger partial charge on any atom is 0.323 e. The summed E-state index contributed by atoms with van der Waals surface area (Å²) in [5.74, 6) is -2.28. The molecule has 7 nitrogen and oxygen atoms in total. The highest BCUT2D eigenvalue weighted by molar-refractivity contribution is 5.98. The molecule has 7 heteroatoms. The summed E-state index contributed by atoms with van der Waals surface area (Å²) in [6.07, 6.45) is 7.34. The van der Waals surface area contributed by atoms with Gasteiger partial charge in [-0.1, -0.05) is 52.4 Å². The van der Waals surface area contributed by atoms with Crippen LogP contribution >= 0.6 is 0 Å². The highest BCUT2D eigenvalue weighted by Crippen LogP contribution is 2.10. The third-order valence-corrected chi connectivity index (χ3v) is 4.13. The van der Waals surface area contributed by atoms with Gasteiger partial charge in [-0.25, -0.2) is 0 Å². The molecule has 0 radical (unpaired) electrons. The predicted molar refractivity (Wildman–Crippen MR) is 97.8 cm³/mol. The molecule has 0 heterocycles. The van der Waals surface area contributed by atoms with Crippen molar-refractivity contribution >= 4 is 17.8 Å². The molecule has 0 rings (SSSR count). The van der Waals surface area contributed by atoms with E-state index in [-0.39, 0.29) is 24.9 Å². The zero-order valence-electron chi connectivity index (χ0n) is 15.7. The SMILES string of the molecule is CCCCCC(N)CC(=O)N(CC(=O)O)C(=O)CC(N)CCCCC. The first kappa shape index (κ1) is 23.5. The van der Waals surface area contributed by atoms with Gasteiger partial charge in [0.2, 0.25) is 11.8 Å². The summed E-state index contributed by atoms with van der Waals surface area (Å²) in [5, 5.41) is 8.99. The highest BCUT2D eigenvalue weighted by Gasteiger charge is 2.26. The number of carbonyl (C=O) groups is 3. The fraction of sp³-hybridized carbons (Fsp3) is 0.833. The summed E-state index contributed by atoms with van der Waals surface area (Å²) in [4.78, 5) is 36.4. The van der Waals surface area contributed by atoms with Crippen molar-refractivity contribution in [1.29, 1.82) is 0 Å². The van der Waals surface area contributed by atoms with Crippen LogP contribution in [0, 0.1) is 0 Å². The molecule has 0 saturated carbocycles. The lowest BCUT2D eigenvalue weighted by molar-refractivity contribution is -0.153. The normalized spacial score (nSPS) is 13.3. The molecule has 0 saturated heterocycles. The van der Waals surface area contributed by atoms with E-state index in [1.165, 1.54) is 0 Å². The third kappa shape index (κ3) is 11.7. The van der Waals surface area contributed by atoms with Crippen LogP contribution in [-0.4, -0.2) is 46.4 Å². The number of nitrogens with zero attached hydrogens (tertiary/aromatic N) is 1. The van der Waals surface area contributed by atoms with Crippen LogP contribution in [0.3, 0.4) is 0 Å². The molecule has 0 spiro atoms. The second-order valence-electron chi connectivity index (χ2n) is 6.69. The van der Waals surface area contributed by atoms with Crippen molar-refractivity contribution in [2.75, 3.05) is 6.54 Å². The van der Waals surface area contributed by atoms with Crippen molar-refractivity contribution < 1.29 is 19.5 Å². The smallest absolute Gasteiger partial charge is 0.323 e. The number of hydrogen-bond acceptors (Lipinski definition) is 5. The highest BCUT2D eigenvalue weighted by atomic mass is 16.4. The molecule has 0 bridgehead atoms. The Morgan fingerprint density at radius 2 is 1.24 bits per heavy atom. The molecule has 2 amide bonds. The zero-order valence-corrected chi connectivity index (χ0v) is 15.7. The molecule has 0 aliphatic carbocycles. The largest absolute Gasteiger partial charge is 0.480 e. The Hall–Kier alpha value is -1.47. The fourth-order valence-corrected chi connectivity index (χ4v) is 2.64. The van der Waals surface area contributed by atoms with Gasteiger partial charge in [-0.2, -0.15) is 0 Å². The average molecular weight is 357 g/mol. The van der Waals surface area contributed by atoms with Gasteiger partial charge in [-0.15, -0.1) is 0 Å². The summed E-state index contributed by atoms with van der Waals surface area (Å²) in [7, 11) is 0. The van der Waals surface area contributed by atoms with Crippen LogP contribution in [0.5, 0.6) is 0 Å². The van der Waals surface area contributed by atoms with Gasteiger partial charge < -0.3 is 16.6 Å². The van der Waals surface area contributed by atoms with Gasteiger partial charge in [0.05, 0.1) is 0 Å². The van der Waals surface area contributed by atoms with Crippen LogP contribution in [0.4, 0.5) is 0 Å². The standard InChI is InChI=1S/C18H35N3O4/c1-3-5-7-9-14(19)11-16(22)21(13-18(24)25)17(23)12-15(20)10-8-6-4-2/h14-15H,3-13,19-20H2,1-2H3,(H,24,25). The number of amides is 2. The summed E-state index contributed by atoms with van der Waals surface area (Å²) >= 11 is 0. The molecule has 0 aromatic rings. The average Bonchev–Trinajstić information content (AvgIpc) is 2.52. The Morgan fingerprint density at radius 1 is 0.840 bits per heavy atom. The van der Waals surface area contributed by atoms with Crippen molar-refractivity contribution in [2.24, 2.45) is 11.5 Å². The monoisotopic (exact) mass is 357 g/mol. The Labute approximate surface area is 151 Å². The van der Waals surface area contributed by atoms with Gasteiger partial charge in [-0.3, -0.25) is 19.3 Å². The van der Waals surface area contributed by atoms with Crippen LogP contribution in [-0.2, 0) is 14.4 Å². The van der Waals surface area contributed by atoms with Gasteiger partial charge in [-0.05, 0) is 12.8 Å². The summed E-state index contributed by atoms with van der Waals surface area (Å²) in [6.45, 7) is 3.52. The summed E-state index contributed by atoms with van der Waals surface area (Å²) in [5.41, 5.74) is 11.9. The third-order valence-electron chi connectivity index (χ3n) is 4.13. The summed E-state index contributed by atoms with van der Waals surface area (Å²) < 4.78 is 0. The van der Waals surface area contributed by atoms with E-state index in [9.17, 15) is 14.4 Å². The van der Waals surface area contributed by atoms with Gasteiger partial charge >= 0.3 is 5.97 Å². The maximum atomic E-state index is 12.3. The first-order valence-electron chi connectivity index (χ1n) is 9.37. The zero-order chi connectivity index (χ0) is 19.2. The summed E-state index contributed by atoms with van der Waals surface area (Å²) in [6, 6.07) is -0.720. The first-order chi connectivity index (χ1) is 11.8. The molecule has 0 aromatic heterocycles. The Kier molecular flexibility index (Phi) is 13.0. The molecule has 2 unspecified atom stereocenters. The van der Waals surface area contributed by atoms with Gasteiger partial charge in [0.25, 0.3) is 0 Å². The lowest BCUT2D eigenvalue weighted by Crippen LogP contribution is -2.44. The molecule has 2 atom stereocenters. The molecule has 5 N–H and O–H groups in total. The minimum absolute atomic E-state index is 0.0200. The van der Waals surface area contributed by atoms with E-state index < -0.39 is 24.3 Å². The van der Waals surface area contributed by atoms with Crippen molar-refractivity contribution in [3.8, 4) is 0 Å². The second-order valence-corrected chi connectivity index (χ2v) is 6.69.